The van der Waals surface area contributed by atoms with Gasteiger partial charge < -0.3 is 24.8 Å². The molecule has 0 radical (unpaired) electrons. The average Bonchev–Trinajstić information content (AvgIpc) is 2.61. The maximum absolute atomic E-state index is 12.6. The van der Waals surface area contributed by atoms with Gasteiger partial charge >= 0.3 is 0 Å². The van der Waals surface area contributed by atoms with Gasteiger partial charge in [0.1, 0.15) is 0 Å². The number of allylic oxidation sites excluding steroid dienone is 1. The van der Waals surface area contributed by atoms with Crippen molar-refractivity contribution in [3.05, 3.63) is 54.3 Å². The van der Waals surface area contributed by atoms with E-state index in [1.54, 1.807) is 57.8 Å². The molecule has 136 valence electrons. The Morgan fingerprint density at radius 2 is 1.92 bits per heavy atom. The fraction of sp³-hybridized carbons (Fsp3) is 0.316. The second kappa shape index (κ2) is 10.9. The van der Waals surface area contributed by atoms with Gasteiger partial charge in [-0.2, -0.15) is 0 Å². The second-order valence-corrected chi connectivity index (χ2v) is 5.04. The number of hydrogen-bond donors (Lipinski definition) is 2. The van der Waals surface area contributed by atoms with Crippen molar-refractivity contribution >= 4 is 11.6 Å². The summed E-state index contributed by atoms with van der Waals surface area (Å²) in [6.45, 7) is 6.98. The minimum absolute atomic E-state index is 0.265. The van der Waals surface area contributed by atoms with Gasteiger partial charge in [0.2, 0.25) is 0 Å². The van der Waals surface area contributed by atoms with Crippen molar-refractivity contribution in [2.24, 2.45) is 0 Å². The number of benzene rings is 1. The molecular weight excluding hydrogens is 320 g/mol. The van der Waals surface area contributed by atoms with E-state index in [0.29, 0.717) is 35.1 Å². The average molecular weight is 346 g/mol. The van der Waals surface area contributed by atoms with Gasteiger partial charge in [-0.15, -0.1) is 0 Å². The number of methoxy groups -OCH3 is 3. The van der Waals surface area contributed by atoms with Crippen molar-refractivity contribution in [3.63, 3.8) is 0 Å². The molecule has 1 aromatic rings. The van der Waals surface area contributed by atoms with Gasteiger partial charge in [-0.05, 0) is 25.1 Å². The maximum atomic E-state index is 12.6. The van der Waals surface area contributed by atoms with Gasteiger partial charge in [0.05, 0.1) is 20.8 Å². The molecule has 1 aromatic carbocycles. The third-order valence-corrected chi connectivity index (χ3v) is 3.20. The van der Waals surface area contributed by atoms with Crippen LogP contribution in [0.15, 0.2) is 54.3 Å². The molecular formula is C19H26N2O4. The predicted octanol–water partition coefficient (Wildman–Crippen LogP) is 2.89. The number of nitrogens with one attached hydrogen (secondary N) is 2. The Morgan fingerprint density at radius 1 is 1.20 bits per heavy atom. The quantitative estimate of drug-likeness (QED) is 0.504. The summed E-state index contributed by atoms with van der Waals surface area (Å²) in [4.78, 5) is 12.6. The van der Waals surface area contributed by atoms with E-state index in [4.69, 9.17) is 14.2 Å². The summed E-state index contributed by atoms with van der Waals surface area (Å²) in [5.74, 6) is 0.869. The maximum Gasteiger partial charge on any atom is 0.255 e. The zero-order valence-corrected chi connectivity index (χ0v) is 15.2. The smallest absolute Gasteiger partial charge is 0.255 e. The third-order valence-electron chi connectivity index (χ3n) is 3.20. The summed E-state index contributed by atoms with van der Waals surface area (Å²) in [5, 5.41) is 5.90. The Kier molecular flexibility index (Phi) is 8.89. The largest absolute Gasteiger partial charge is 0.493 e. The number of ether oxygens (including phenoxy) is 3. The Bertz CT molecular complexity index is 651. The van der Waals surface area contributed by atoms with Gasteiger partial charge in [-0.1, -0.05) is 18.7 Å². The molecule has 6 heteroatoms. The van der Waals surface area contributed by atoms with Crippen LogP contribution in [0.3, 0.4) is 0 Å². The Hall–Kier alpha value is -2.73. The van der Waals surface area contributed by atoms with E-state index in [1.165, 1.54) is 0 Å². The lowest BCUT2D eigenvalue weighted by atomic mass is 10.1. The second-order valence-electron chi connectivity index (χ2n) is 5.04. The van der Waals surface area contributed by atoms with Crippen molar-refractivity contribution in [2.45, 2.75) is 6.92 Å². The van der Waals surface area contributed by atoms with Gasteiger partial charge in [-0.3, -0.25) is 4.79 Å². The lowest BCUT2D eigenvalue weighted by Crippen LogP contribution is -2.16. The van der Waals surface area contributed by atoms with Crippen LogP contribution in [0.5, 0.6) is 11.5 Å². The highest BCUT2D eigenvalue weighted by atomic mass is 16.5. The van der Waals surface area contributed by atoms with Crippen LogP contribution in [0, 0.1) is 0 Å². The van der Waals surface area contributed by atoms with E-state index in [-0.39, 0.29) is 5.91 Å². The van der Waals surface area contributed by atoms with Crippen molar-refractivity contribution in [3.8, 4) is 11.5 Å². The van der Waals surface area contributed by atoms with E-state index in [9.17, 15) is 4.79 Å². The molecule has 0 heterocycles. The van der Waals surface area contributed by atoms with Gasteiger partial charge in [0.25, 0.3) is 5.91 Å². The monoisotopic (exact) mass is 346 g/mol. The number of likely N-dealkylation sites (N-methyl/N-ethyl adjacent to an activating group) is 1. The molecule has 0 aromatic heterocycles. The fourth-order valence-corrected chi connectivity index (χ4v) is 2.04. The molecule has 0 aliphatic heterocycles. The van der Waals surface area contributed by atoms with E-state index in [0.717, 1.165) is 6.54 Å². The van der Waals surface area contributed by atoms with Crippen molar-refractivity contribution < 1.29 is 19.0 Å². The summed E-state index contributed by atoms with van der Waals surface area (Å²) in [6, 6.07) is 5.18. The standard InChI is InChI=1S/C19H26N2O4/c1-6-20-14(2)12-15(8-7-11-23-3)19(22)21-16-9-10-17(24-4)18(13-16)25-5/h7-10,12-13,20H,2,6,11H2,1,3-5H3,(H,21,22)/b8-7-,15-12+. The van der Waals surface area contributed by atoms with Gasteiger partial charge in [0.15, 0.2) is 11.5 Å². The van der Waals surface area contributed by atoms with E-state index >= 15 is 0 Å². The number of carbonyl (C=O) groups excluding carboxylic acids is 1. The Morgan fingerprint density at radius 3 is 2.52 bits per heavy atom. The number of hydrogen-bond acceptors (Lipinski definition) is 5. The molecule has 0 fully saturated rings. The lowest BCUT2D eigenvalue weighted by molar-refractivity contribution is -0.112. The number of anilines is 1. The van der Waals surface area contributed by atoms with E-state index < -0.39 is 0 Å². The topological polar surface area (TPSA) is 68.8 Å². The summed E-state index contributed by atoms with van der Waals surface area (Å²) in [6.07, 6.45) is 5.15. The molecule has 6 nitrogen and oxygen atoms in total. The first kappa shape index (κ1) is 20.3. The number of amides is 1. The van der Waals surface area contributed by atoms with Crippen LogP contribution in [0.4, 0.5) is 5.69 Å². The SMILES string of the molecule is C=C(/C=C(\C=C/COC)C(=O)Nc1ccc(OC)c(OC)c1)NCC. The summed E-state index contributed by atoms with van der Waals surface area (Å²) < 4.78 is 15.4. The van der Waals surface area contributed by atoms with Crippen LogP contribution >= 0.6 is 0 Å². The van der Waals surface area contributed by atoms with E-state index in [2.05, 4.69) is 17.2 Å². The molecule has 0 spiro atoms. The predicted molar refractivity (Wildman–Crippen MR) is 100 cm³/mol. The summed E-state index contributed by atoms with van der Waals surface area (Å²) >= 11 is 0. The first-order valence-electron chi connectivity index (χ1n) is 7.89. The number of carbonyl (C=O) groups is 1. The molecule has 25 heavy (non-hydrogen) atoms. The first-order valence-corrected chi connectivity index (χ1v) is 7.89. The molecule has 0 saturated heterocycles. The fourth-order valence-electron chi connectivity index (χ4n) is 2.04. The van der Waals surface area contributed by atoms with Crippen LogP contribution in [-0.4, -0.2) is 40.4 Å². The van der Waals surface area contributed by atoms with Crippen molar-refractivity contribution in [1.29, 1.82) is 0 Å². The Balaban J connectivity index is 2.99. The zero-order valence-electron chi connectivity index (χ0n) is 15.2. The first-order chi connectivity index (χ1) is 12.0. The normalized spacial score (nSPS) is 11.3. The molecule has 0 bridgehead atoms. The van der Waals surface area contributed by atoms with Crippen LogP contribution in [-0.2, 0) is 9.53 Å². The lowest BCUT2D eigenvalue weighted by Gasteiger charge is -2.11. The highest BCUT2D eigenvalue weighted by Gasteiger charge is 2.10. The molecule has 0 atom stereocenters. The molecule has 0 aliphatic carbocycles. The van der Waals surface area contributed by atoms with Crippen LogP contribution in [0.25, 0.3) is 0 Å². The highest BCUT2D eigenvalue weighted by Crippen LogP contribution is 2.29. The molecule has 1 amide bonds. The van der Waals surface area contributed by atoms with E-state index in [1.807, 2.05) is 6.92 Å². The minimum Gasteiger partial charge on any atom is -0.493 e. The molecule has 0 unspecified atom stereocenters. The van der Waals surface area contributed by atoms with Crippen LogP contribution in [0.1, 0.15) is 6.92 Å². The molecule has 1 rings (SSSR count). The Labute approximate surface area is 149 Å². The summed E-state index contributed by atoms with van der Waals surface area (Å²) in [5.41, 5.74) is 1.71. The number of rotatable bonds is 10. The molecule has 2 N–H and O–H groups in total. The molecule has 0 aliphatic rings. The third kappa shape index (κ3) is 6.73. The van der Waals surface area contributed by atoms with Crippen molar-refractivity contribution in [1.82, 2.24) is 5.32 Å². The zero-order chi connectivity index (χ0) is 18.7. The summed E-state index contributed by atoms with van der Waals surface area (Å²) in [7, 11) is 4.70. The van der Waals surface area contributed by atoms with Gasteiger partial charge in [0, 0.05) is 36.7 Å². The van der Waals surface area contributed by atoms with Crippen LogP contribution in [0.2, 0.25) is 0 Å². The van der Waals surface area contributed by atoms with Gasteiger partial charge in [-0.25, -0.2) is 0 Å². The minimum atomic E-state index is -0.265. The highest BCUT2D eigenvalue weighted by molar-refractivity contribution is 6.06. The molecule has 0 saturated carbocycles. The van der Waals surface area contributed by atoms with Crippen LogP contribution < -0.4 is 20.1 Å². The van der Waals surface area contributed by atoms with Crippen molar-refractivity contribution in [2.75, 3.05) is 39.8 Å².